The Morgan fingerprint density at radius 1 is 0.900 bits per heavy atom. The number of carbonyl (C=O) groups is 4. The lowest BCUT2D eigenvalue weighted by Crippen LogP contribution is -2.41. The van der Waals surface area contributed by atoms with Crippen molar-refractivity contribution in [3.05, 3.63) is 54.6 Å². The molecule has 1 saturated carbocycles. The Labute approximate surface area is 173 Å². The zero-order valence-electron chi connectivity index (χ0n) is 16.2. The summed E-state index contributed by atoms with van der Waals surface area (Å²) in [4.78, 5) is 51.0. The number of imide groups is 2. The van der Waals surface area contributed by atoms with Crippen molar-refractivity contribution < 1.29 is 23.9 Å². The predicted octanol–water partition coefficient (Wildman–Crippen LogP) is 3.15. The number of rotatable bonds is 6. The molecule has 8 nitrogen and oxygen atoms in total. The van der Waals surface area contributed by atoms with Crippen molar-refractivity contribution in [1.82, 2.24) is 9.80 Å². The molecular formula is C22H21N3O5. The second-order valence-corrected chi connectivity index (χ2v) is 7.27. The Balaban J connectivity index is 1.35. The van der Waals surface area contributed by atoms with Gasteiger partial charge in [-0.2, -0.15) is 0 Å². The second-order valence-electron chi connectivity index (χ2n) is 7.27. The fourth-order valence-corrected chi connectivity index (χ4v) is 3.72. The summed E-state index contributed by atoms with van der Waals surface area (Å²) in [5, 5.41) is 2.63. The number of nitrogens with zero attached hydrogens (tertiary/aromatic N) is 2. The van der Waals surface area contributed by atoms with Gasteiger partial charge in [-0.25, -0.2) is 9.69 Å². The van der Waals surface area contributed by atoms with Crippen LogP contribution < -0.4 is 10.1 Å². The molecule has 2 aromatic rings. The molecule has 30 heavy (non-hydrogen) atoms. The van der Waals surface area contributed by atoms with Crippen molar-refractivity contribution in [2.24, 2.45) is 0 Å². The lowest BCUT2D eigenvalue weighted by Gasteiger charge is -2.20. The summed E-state index contributed by atoms with van der Waals surface area (Å²) in [7, 11) is 0. The van der Waals surface area contributed by atoms with Gasteiger partial charge in [0.05, 0.1) is 0 Å². The van der Waals surface area contributed by atoms with Crippen LogP contribution >= 0.6 is 0 Å². The minimum Gasteiger partial charge on any atom is -0.457 e. The van der Waals surface area contributed by atoms with E-state index < -0.39 is 30.3 Å². The van der Waals surface area contributed by atoms with Crippen molar-refractivity contribution in [3.8, 4) is 11.5 Å². The van der Waals surface area contributed by atoms with Crippen LogP contribution in [0.15, 0.2) is 54.6 Å². The van der Waals surface area contributed by atoms with Gasteiger partial charge < -0.3 is 10.1 Å². The summed E-state index contributed by atoms with van der Waals surface area (Å²) in [6.45, 7) is -0.505. The van der Waals surface area contributed by atoms with Gasteiger partial charge in [0.2, 0.25) is 5.91 Å². The molecule has 0 spiro atoms. The number of hydrogen-bond acceptors (Lipinski definition) is 5. The molecular weight excluding hydrogens is 386 g/mol. The molecule has 0 unspecified atom stereocenters. The predicted molar refractivity (Wildman–Crippen MR) is 108 cm³/mol. The molecule has 1 N–H and O–H groups in total. The highest BCUT2D eigenvalue weighted by atomic mass is 16.5. The van der Waals surface area contributed by atoms with Crippen molar-refractivity contribution in [2.45, 2.75) is 31.7 Å². The van der Waals surface area contributed by atoms with Crippen molar-refractivity contribution in [2.75, 3.05) is 11.9 Å². The molecule has 4 rings (SSSR count). The van der Waals surface area contributed by atoms with E-state index in [1.165, 1.54) is 0 Å². The number of nitrogens with one attached hydrogen (secondary N) is 1. The summed E-state index contributed by atoms with van der Waals surface area (Å²) in [5.74, 6) is -1.07. The molecule has 154 valence electrons. The molecule has 2 aliphatic rings. The standard InChI is InChI=1S/C22H21N3O5/c26-19(14-24-20(27)21(28)25(22(24)29)16-6-4-5-7-16)23-15-10-12-18(13-11-15)30-17-8-2-1-3-9-17/h1-3,8-13,16H,4-7,14H2,(H,23,26). The van der Waals surface area contributed by atoms with Gasteiger partial charge in [-0.15, -0.1) is 0 Å². The molecule has 0 bridgehead atoms. The quantitative estimate of drug-likeness (QED) is 0.586. The van der Waals surface area contributed by atoms with Crippen LogP contribution in [-0.2, 0) is 14.4 Å². The van der Waals surface area contributed by atoms with Crippen LogP contribution in [0.5, 0.6) is 11.5 Å². The van der Waals surface area contributed by atoms with Crippen LogP contribution in [0.1, 0.15) is 25.7 Å². The lowest BCUT2D eigenvalue weighted by molar-refractivity contribution is -0.144. The van der Waals surface area contributed by atoms with Crippen LogP contribution in [0.3, 0.4) is 0 Å². The zero-order valence-corrected chi connectivity index (χ0v) is 16.2. The first-order chi connectivity index (χ1) is 14.5. The Hall–Kier alpha value is -3.68. The normalized spacial score (nSPS) is 17.0. The molecule has 5 amide bonds. The van der Waals surface area contributed by atoms with Crippen molar-refractivity contribution in [1.29, 1.82) is 0 Å². The monoisotopic (exact) mass is 407 g/mol. The minimum atomic E-state index is -0.950. The van der Waals surface area contributed by atoms with Gasteiger partial charge in [0, 0.05) is 11.7 Å². The number of amides is 5. The zero-order chi connectivity index (χ0) is 21.1. The van der Waals surface area contributed by atoms with Crippen LogP contribution in [-0.4, -0.2) is 46.1 Å². The van der Waals surface area contributed by atoms with E-state index in [2.05, 4.69) is 5.32 Å². The molecule has 0 aromatic heterocycles. The Morgan fingerprint density at radius 2 is 1.53 bits per heavy atom. The van der Waals surface area contributed by atoms with E-state index in [-0.39, 0.29) is 6.04 Å². The van der Waals surface area contributed by atoms with Crippen LogP contribution in [0.25, 0.3) is 0 Å². The molecule has 1 heterocycles. The van der Waals surface area contributed by atoms with E-state index >= 15 is 0 Å². The number of benzene rings is 2. The maximum absolute atomic E-state index is 12.5. The molecule has 2 fully saturated rings. The Bertz CT molecular complexity index is 968. The van der Waals surface area contributed by atoms with Gasteiger partial charge in [0.15, 0.2) is 0 Å². The fourth-order valence-electron chi connectivity index (χ4n) is 3.72. The molecule has 8 heteroatoms. The maximum atomic E-state index is 12.5. The number of para-hydroxylation sites is 1. The number of ether oxygens (including phenoxy) is 1. The first-order valence-electron chi connectivity index (χ1n) is 9.85. The minimum absolute atomic E-state index is 0.251. The van der Waals surface area contributed by atoms with E-state index in [1.54, 1.807) is 24.3 Å². The average molecular weight is 407 g/mol. The highest BCUT2D eigenvalue weighted by Crippen LogP contribution is 2.28. The summed E-state index contributed by atoms with van der Waals surface area (Å²) < 4.78 is 5.69. The molecule has 0 radical (unpaired) electrons. The van der Waals surface area contributed by atoms with E-state index in [0.29, 0.717) is 34.9 Å². The van der Waals surface area contributed by atoms with E-state index in [0.717, 1.165) is 17.7 Å². The van der Waals surface area contributed by atoms with Crippen LogP contribution in [0, 0.1) is 0 Å². The maximum Gasteiger partial charge on any atom is 0.334 e. The summed E-state index contributed by atoms with van der Waals surface area (Å²) >= 11 is 0. The van der Waals surface area contributed by atoms with E-state index in [4.69, 9.17) is 4.74 Å². The average Bonchev–Trinajstić information content (AvgIpc) is 3.34. The Morgan fingerprint density at radius 3 is 2.20 bits per heavy atom. The highest BCUT2D eigenvalue weighted by Gasteiger charge is 2.48. The third kappa shape index (κ3) is 4.03. The second kappa shape index (κ2) is 8.36. The Kier molecular flexibility index (Phi) is 5.47. The molecule has 2 aromatic carbocycles. The first kappa shape index (κ1) is 19.6. The molecule has 1 aliphatic heterocycles. The first-order valence-corrected chi connectivity index (χ1v) is 9.85. The van der Waals surface area contributed by atoms with Gasteiger partial charge in [-0.3, -0.25) is 19.3 Å². The van der Waals surface area contributed by atoms with Gasteiger partial charge in [-0.1, -0.05) is 31.0 Å². The van der Waals surface area contributed by atoms with Gasteiger partial charge in [0.1, 0.15) is 18.0 Å². The number of anilines is 1. The van der Waals surface area contributed by atoms with Crippen LogP contribution in [0.2, 0.25) is 0 Å². The summed E-state index contributed by atoms with van der Waals surface area (Å²) in [6, 6.07) is 15.0. The summed E-state index contributed by atoms with van der Waals surface area (Å²) in [5.41, 5.74) is 0.485. The van der Waals surface area contributed by atoms with Gasteiger partial charge in [-0.05, 0) is 49.2 Å². The highest BCUT2D eigenvalue weighted by molar-refractivity contribution is 6.45. The summed E-state index contributed by atoms with van der Waals surface area (Å²) in [6.07, 6.45) is 3.23. The molecule has 1 aliphatic carbocycles. The third-order valence-corrected chi connectivity index (χ3v) is 5.19. The third-order valence-electron chi connectivity index (χ3n) is 5.19. The number of hydrogen-bond donors (Lipinski definition) is 1. The molecule has 0 atom stereocenters. The topological polar surface area (TPSA) is 96.0 Å². The fraction of sp³-hybridized carbons (Fsp3) is 0.273. The van der Waals surface area contributed by atoms with Gasteiger partial charge >= 0.3 is 17.8 Å². The SMILES string of the molecule is O=C(CN1C(=O)C(=O)N(C2CCCC2)C1=O)Nc1ccc(Oc2ccccc2)cc1. The lowest BCUT2D eigenvalue weighted by atomic mass is 10.2. The van der Waals surface area contributed by atoms with Gasteiger partial charge in [0.25, 0.3) is 0 Å². The van der Waals surface area contributed by atoms with Crippen molar-refractivity contribution >= 4 is 29.4 Å². The van der Waals surface area contributed by atoms with E-state index in [9.17, 15) is 19.2 Å². The number of urea groups is 1. The molecule has 1 saturated heterocycles. The number of carbonyl (C=O) groups excluding carboxylic acids is 4. The van der Waals surface area contributed by atoms with Crippen molar-refractivity contribution in [3.63, 3.8) is 0 Å². The largest absolute Gasteiger partial charge is 0.457 e. The smallest absolute Gasteiger partial charge is 0.334 e. The van der Waals surface area contributed by atoms with Crippen LogP contribution in [0.4, 0.5) is 10.5 Å². The van der Waals surface area contributed by atoms with E-state index in [1.807, 2.05) is 30.3 Å².